The van der Waals surface area contributed by atoms with Crippen LogP contribution in [0.4, 0.5) is 0 Å². The molecule has 0 aromatic carbocycles. The molecule has 0 aromatic heterocycles. The molecule has 0 saturated carbocycles. The maximum absolute atomic E-state index is 11.6. The van der Waals surface area contributed by atoms with Gasteiger partial charge in [0.15, 0.2) is 11.2 Å². The molecule has 3 nitrogen and oxygen atoms in total. The molecule has 0 radical (unpaired) electrons. The van der Waals surface area contributed by atoms with Crippen molar-refractivity contribution in [3.05, 3.63) is 0 Å². The van der Waals surface area contributed by atoms with Gasteiger partial charge in [0, 0.05) is 0 Å². The molecule has 1 unspecified atom stereocenters. The normalized spacial score (nSPS) is 13.6. The Labute approximate surface area is 129 Å². The maximum atomic E-state index is 11.6. The van der Waals surface area contributed by atoms with E-state index >= 15 is 0 Å². The smallest absolute Gasteiger partial charge is 0.195 e. The summed E-state index contributed by atoms with van der Waals surface area (Å²) in [4.78, 5) is 0. The zero-order valence-corrected chi connectivity index (χ0v) is 15.2. The fraction of sp³-hybridized carbons (Fsp3) is 1.00. The van der Waals surface area contributed by atoms with Gasteiger partial charge in [-0.1, -0.05) is 52.4 Å². The van der Waals surface area contributed by atoms with Crippen LogP contribution in [0.25, 0.3) is 0 Å². The van der Waals surface area contributed by atoms with Crippen LogP contribution in [0.3, 0.4) is 0 Å². The third-order valence-electron chi connectivity index (χ3n) is 3.20. The van der Waals surface area contributed by atoms with E-state index in [0.717, 1.165) is 17.9 Å². The molecule has 20 heavy (non-hydrogen) atoms. The van der Waals surface area contributed by atoms with Crippen molar-refractivity contribution in [2.45, 2.75) is 78.6 Å². The van der Waals surface area contributed by atoms with Crippen molar-refractivity contribution in [1.29, 1.82) is 0 Å². The van der Waals surface area contributed by atoms with E-state index in [2.05, 4.69) is 6.92 Å². The number of rotatable bonds is 14. The largest absolute Gasteiger partial charge is 0.311 e. The molecular formula is C15H33O3S2+. The van der Waals surface area contributed by atoms with Crippen molar-refractivity contribution in [2.75, 3.05) is 17.3 Å². The molecule has 0 aliphatic rings. The third kappa shape index (κ3) is 12.0. The summed E-state index contributed by atoms with van der Waals surface area (Å²) < 4.78 is 28.5. The molecule has 0 aliphatic carbocycles. The minimum Gasteiger partial charge on any atom is -0.195 e. The Morgan fingerprint density at radius 3 is 1.85 bits per heavy atom. The number of hydrogen-bond acceptors (Lipinski definition) is 3. The van der Waals surface area contributed by atoms with Crippen molar-refractivity contribution in [3.8, 4) is 0 Å². The van der Waals surface area contributed by atoms with E-state index in [-0.39, 0.29) is 5.75 Å². The summed E-state index contributed by atoms with van der Waals surface area (Å²) in [5.74, 6) is 1.85. The average molecular weight is 326 g/mol. The van der Waals surface area contributed by atoms with Gasteiger partial charge in [-0.3, -0.25) is 0 Å². The first kappa shape index (κ1) is 20.3. The van der Waals surface area contributed by atoms with Gasteiger partial charge in [0.1, 0.15) is 11.5 Å². The molecule has 0 aliphatic heterocycles. The zero-order chi connectivity index (χ0) is 15.3. The van der Waals surface area contributed by atoms with Crippen LogP contribution < -0.4 is 0 Å². The van der Waals surface area contributed by atoms with E-state index in [4.69, 9.17) is 3.63 Å². The predicted molar refractivity (Wildman–Crippen MR) is 90.5 cm³/mol. The van der Waals surface area contributed by atoms with Crippen LogP contribution in [0.5, 0.6) is 0 Å². The molecule has 0 amide bonds. The van der Waals surface area contributed by atoms with Crippen LogP contribution >= 0.6 is 0 Å². The Balaban J connectivity index is 3.65. The van der Waals surface area contributed by atoms with E-state index in [1.165, 1.54) is 44.9 Å². The number of hydrogen-bond donors (Lipinski definition) is 0. The summed E-state index contributed by atoms with van der Waals surface area (Å²) in [6.07, 6.45) is 10.8. The Morgan fingerprint density at radius 2 is 1.35 bits per heavy atom. The molecule has 0 bridgehead atoms. The van der Waals surface area contributed by atoms with Gasteiger partial charge in [-0.15, -0.1) is 0 Å². The van der Waals surface area contributed by atoms with Crippen LogP contribution in [-0.4, -0.2) is 25.7 Å². The van der Waals surface area contributed by atoms with Crippen LogP contribution in [0.2, 0.25) is 0 Å². The lowest BCUT2D eigenvalue weighted by atomic mass is 10.1. The second-order valence-electron chi connectivity index (χ2n) is 5.24. The van der Waals surface area contributed by atoms with Crippen molar-refractivity contribution < 1.29 is 12.0 Å². The minimum atomic E-state index is -3.29. The first-order valence-electron chi connectivity index (χ1n) is 8.15. The van der Waals surface area contributed by atoms with Gasteiger partial charge in [0.05, 0.1) is 5.75 Å². The summed E-state index contributed by atoms with van der Waals surface area (Å²) in [5.41, 5.74) is 0. The zero-order valence-electron chi connectivity index (χ0n) is 13.5. The second-order valence-corrected chi connectivity index (χ2v) is 9.17. The lowest BCUT2D eigenvalue weighted by molar-refractivity contribution is 0.510. The Kier molecular flexibility index (Phi) is 13.1. The highest BCUT2D eigenvalue weighted by molar-refractivity contribution is 8.02. The Morgan fingerprint density at radius 1 is 0.800 bits per heavy atom. The van der Waals surface area contributed by atoms with Crippen LogP contribution in [-0.2, 0) is 24.9 Å². The fourth-order valence-electron chi connectivity index (χ4n) is 2.05. The van der Waals surface area contributed by atoms with Crippen LogP contribution in [0.15, 0.2) is 0 Å². The van der Waals surface area contributed by atoms with Gasteiger partial charge in [-0.25, -0.2) is 0 Å². The summed E-state index contributed by atoms with van der Waals surface area (Å²) in [6, 6.07) is 0. The molecule has 122 valence electrons. The minimum absolute atomic E-state index is 0.147. The fourth-order valence-corrected chi connectivity index (χ4v) is 5.47. The van der Waals surface area contributed by atoms with Crippen molar-refractivity contribution >= 4 is 21.3 Å². The Hall–Kier alpha value is 0.260. The van der Waals surface area contributed by atoms with Gasteiger partial charge in [0.2, 0.25) is 0 Å². The van der Waals surface area contributed by atoms with E-state index in [0.29, 0.717) is 6.42 Å². The predicted octanol–water partition coefficient (Wildman–Crippen LogP) is 4.44. The van der Waals surface area contributed by atoms with Gasteiger partial charge in [-0.05, 0) is 29.8 Å². The average Bonchev–Trinajstić information content (AvgIpc) is 2.40. The van der Waals surface area contributed by atoms with Gasteiger partial charge < -0.3 is 0 Å². The number of unbranched alkanes of at least 4 members (excludes halogenated alkanes) is 7. The molecule has 0 fully saturated rings. The molecule has 0 heterocycles. The van der Waals surface area contributed by atoms with E-state index in [9.17, 15) is 8.42 Å². The summed E-state index contributed by atoms with van der Waals surface area (Å²) in [7, 11) is -3.29. The molecule has 1 atom stereocenters. The maximum Gasteiger partial charge on any atom is 0.311 e. The molecule has 0 saturated heterocycles. The van der Waals surface area contributed by atoms with Crippen molar-refractivity contribution in [2.24, 2.45) is 0 Å². The molecule has 0 N–H and O–H groups in total. The molecule has 0 aromatic rings. The molecular weight excluding hydrogens is 292 g/mol. The summed E-state index contributed by atoms with van der Waals surface area (Å²) in [5, 5.41) is 0. The van der Waals surface area contributed by atoms with Gasteiger partial charge >= 0.3 is 10.1 Å². The highest BCUT2D eigenvalue weighted by Gasteiger charge is 2.26. The second kappa shape index (κ2) is 13.0. The molecule has 0 rings (SSSR count). The first-order valence-corrected chi connectivity index (χ1v) is 11.2. The molecule has 5 heteroatoms. The van der Waals surface area contributed by atoms with E-state index in [1.807, 2.05) is 13.8 Å². The monoisotopic (exact) mass is 325 g/mol. The van der Waals surface area contributed by atoms with Crippen LogP contribution in [0, 0.1) is 0 Å². The standard InChI is InChI=1S/C15H33O3S2/c1-4-7-8-9-10-11-12-13-14-19(6-3)18-20(16,17)15-5-2/h4-15H2,1-3H3/q+1. The van der Waals surface area contributed by atoms with Crippen molar-refractivity contribution in [3.63, 3.8) is 0 Å². The van der Waals surface area contributed by atoms with E-state index < -0.39 is 21.3 Å². The lowest BCUT2D eigenvalue weighted by Gasteiger charge is -2.05. The summed E-state index contributed by atoms with van der Waals surface area (Å²) in [6.45, 7) is 6.11. The van der Waals surface area contributed by atoms with Gasteiger partial charge in [-0.2, -0.15) is 8.42 Å². The molecule has 0 spiro atoms. The highest BCUT2D eigenvalue weighted by Crippen LogP contribution is 2.13. The third-order valence-corrected chi connectivity index (χ3v) is 7.10. The highest BCUT2D eigenvalue weighted by atomic mass is 32.3. The SMILES string of the molecule is CCCCCCCCCC[S+](CC)OS(=O)(=O)CCC. The topological polar surface area (TPSA) is 43.4 Å². The van der Waals surface area contributed by atoms with E-state index in [1.54, 1.807) is 0 Å². The quantitative estimate of drug-likeness (QED) is 0.350. The Bertz CT molecular complexity index is 302. The van der Waals surface area contributed by atoms with Crippen molar-refractivity contribution in [1.82, 2.24) is 0 Å². The first-order chi connectivity index (χ1) is 9.55. The van der Waals surface area contributed by atoms with Gasteiger partial charge in [0.25, 0.3) is 0 Å². The van der Waals surface area contributed by atoms with Crippen LogP contribution in [0.1, 0.15) is 78.6 Å². The lowest BCUT2D eigenvalue weighted by Crippen LogP contribution is -2.21. The summed E-state index contributed by atoms with van der Waals surface area (Å²) >= 11 is -0.401.